The molecule has 0 aliphatic heterocycles. The van der Waals surface area contributed by atoms with E-state index in [-0.39, 0.29) is 47.9 Å². The third-order valence-electron chi connectivity index (χ3n) is 1.28. The van der Waals surface area contributed by atoms with Crippen LogP contribution in [-0.4, -0.2) is 59.2 Å². The van der Waals surface area contributed by atoms with Gasteiger partial charge >= 0.3 is 5.97 Å². The van der Waals surface area contributed by atoms with Gasteiger partial charge in [-0.2, -0.15) is 0 Å². The molecule has 0 saturated carbocycles. The van der Waals surface area contributed by atoms with E-state index in [1.165, 1.54) is 0 Å². The van der Waals surface area contributed by atoms with Gasteiger partial charge in [-0.1, -0.05) is 0 Å². The molecule has 6 nitrogen and oxygen atoms in total. The van der Waals surface area contributed by atoms with Gasteiger partial charge in [0.2, 0.25) is 0 Å². The molecule has 0 aliphatic carbocycles. The number of hydrogen-bond acceptors (Lipinski definition) is 3. The summed E-state index contributed by atoms with van der Waals surface area (Å²) in [4.78, 5) is 13.9. The molecule has 1 radical (unpaired) electrons. The molecule has 0 aromatic heterocycles. The zero-order valence-corrected chi connectivity index (χ0v) is 11.0. The van der Waals surface area contributed by atoms with Crippen LogP contribution in [0.4, 0.5) is 0 Å². The average Bonchev–Trinajstić information content (AvgIpc) is 1.97. The first-order valence-electron chi connectivity index (χ1n) is 3.58. The molecule has 0 bridgehead atoms. The predicted octanol–water partition coefficient (Wildman–Crippen LogP) is -1.51. The molecule has 0 saturated heterocycles. The summed E-state index contributed by atoms with van der Waals surface area (Å²) in [5.41, 5.74) is 15.3. The van der Waals surface area contributed by atoms with Crippen LogP contribution in [0.5, 0.6) is 0 Å². The van der Waals surface area contributed by atoms with Gasteiger partial charge in [-0.05, 0) is 12.8 Å². The fourth-order valence-corrected chi connectivity index (χ4v) is 0.643. The summed E-state index contributed by atoms with van der Waals surface area (Å²) in [7, 11) is 0. The number of hydrogen-bond donors (Lipinski definition) is 4. The Balaban J connectivity index is -0.000000605. The summed E-state index contributed by atoms with van der Waals surface area (Å²) < 4.78 is 0. The van der Waals surface area contributed by atoms with E-state index in [0.29, 0.717) is 19.4 Å². The van der Waals surface area contributed by atoms with E-state index in [9.17, 15) is 4.79 Å². The van der Waals surface area contributed by atoms with E-state index in [2.05, 4.69) is 4.99 Å². The first kappa shape index (κ1) is 19.5. The second-order valence-electron chi connectivity index (χ2n) is 2.39. The van der Waals surface area contributed by atoms with Crippen molar-refractivity contribution in [3.8, 4) is 0 Å². The largest absolute Gasteiger partial charge is 0.480 e. The van der Waals surface area contributed by atoms with Gasteiger partial charge in [0.05, 0.1) is 0 Å². The Morgan fingerprint density at radius 2 is 1.93 bits per heavy atom. The van der Waals surface area contributed by atoms with Crippen LogP contribution in [-0.2, 0) is 4.79 Å². The summed E-state index contributed by atoms with van der Waals surface area (Å²) in [6, 6.07) is -0.820. The predicted molar refractivity (Wildman–Crippen MR) is 58.5 cm³/mol. The van der Waals surface area contributed by atoms with E-state index < -0.39 is 12.0 Å². The van der Waals surface area contributed by atoms with Crippen LogP contribution in [0.1, 0.15) is 12.8 Å². The Kier molecular flexibility index (Phi) is 15.5. The number of halogens is 1. The molecule has 7 N–H and O–H groups in total. The van der Waals surface area contributed by atoms with Crippen molar-refractivity contribution in [3.63, 3.8) is 0 Å². The molecule has 0 amide bonds. The Hall–Kier alpha value is -0.0100. The molecule has 0 spiro atoms. The third kappa shape index (κ3) is 12.0. The maximum Gasteiger partial charge on any atom is 0.320 e. The molecule has 0 unspecified atom stereocenters. The van der Waals surface area contributed by atoms with E-state index in [1.807, 2.05) is 0 Å². The Morgan fingerprint density at radius 1 is 1.43 bits per heavy atom. The Morgan fingerprint density at radius 3 is 2.29 bits per heavy atom. The van der Waals surface area contributed by atoms with Crippen LogP contribution in [0, 0.1) is 0 Å². The SMILES string of the molecule is Cl.NC(N)=NCCC[C@H](N)C(=O)O.[Na]. The fourth-order valence-electron chi connectivity index (χ4n) is 0.643. The summed E-state index contributed by atoms with van der Waals surface area (Å²) in [6.07, 6.45) is 0.956. The molecular formula is C6H15ClN4NaO2. The zero-order chi connectivity index (χ0) is 9.56. The molecule has 79 valence electrons. The van der Waals surface area contributed by atoms with Crippen LogP contribution in [0.15, 0.2) is 4.99 Å². The number of carbonyl (C=O) groups is 1. The first-order valence-corrected chi connectivity index (χ1v) is 3.58. The van der Waals surface area contributed by atoms with Crippen molar-refractivity contribution in [2.45, 2.75) is 18.9 Å². The molecule has 0 rings (SSSR count). The maximum atomic E-state index is 10.2. The Labute approximate surface area is 111 Å². The van der Waals surface area contributed by atoms with Crippen molar-refractivity contribution >= 4 is 53.9 Å². The summed E-state index contributed by atoms with van der Waals surface area (Å²) >= 11 is 0. The van der Waals surface area contributed by atoms with Gasteiger partial charge in [-0.15, -0.1) is 12.4 Å². The van der Waals surface area contributed by atoms with Gasteiger partial charge in [0.25, 0.3) is 0 Å². The monoisotopic (exact) mass is 233 g/mol. The summed E-state index contributed by atoms with van der Waals surface area (Å²) in [5, 5.41) is 8.38. The minimum Gasteiger partial charge on any atom is -0.480 e. The minimum absolute atomic E-state index is 0. The van der Waals surface area contributed by atoms with Gasteiger partial charge in [-0.3, -0.25) is 9.79 Å². The van der Waals surface area contributed by atoms with Gasteiger partial charge in [0, 0.05) is 36.1 Å². The normalized spacial score (nSPS) is 10.4. The Bertz CT molecular complexity index is 187. The number of rotatable bonds is 5. The molecule has 8 heteroatoms. The van der Waals surface area contributed by atoms with E-state index in [4.69, 9.17) is 22.3 Å². The molecule has 0 aromatic rings. The molecule has 0 heterocycles. The zero-order valence-electron chi connectivity index (χ0n) is 8.14. The third-order valence-corrected chi connectivity index (χ3v) is 1.28. The van der Waals surface area contributed by atoms with Gasteiger partial charge < -0.3 is 22.3 Å². The fraction of sp³-hybridized carbons (Fsp3) is 0.667. The molecule has 0 aliphatic rings. The number of nitrogens with two attached hydrogens (primary N) is 3. The minimum atomic E-state index is -1.00. The van der Waals surface area contributed by atoms with Crippen molar-refractivity contribution < 1.29 is 9.90 Å². The van der Waals surface area contributed by atoms with Crippen molar-refractivity contribution in [2.24, 2.45) is 22.2 Å². The number of aliphatic imine (C=N–C) groups is 1. The van der Waals surface area contributed by atoms with Crippen LogP contribution in [0.2, 0.25) is 0 Å². The summed E-state index contributed by atoms with van der Waals surface area (Å²) in [6.45, 7) is 0.420. The molecule has 0 fully saturated rings. The van der Waals surface area contributed by atoms with Crippen LogP contribution in [0.25, 0.3) is 0 Å². The van der Waals surface area contributed by atoms with Gasteiger partial charge in [0.15, 0.2) is 5.96 Å². The topological polar surface area (TPSA) is 128 Å². The van der Waals surface area contributed by atoms with E-state index >= 15 is 0 Å². The van der Waals surface area contributed by atoms with Crippen molar-refractivity contribution in [3.05, 3.63) is 0 Å². The number of nitrogens with zero attached hydrogens (tertiary/aromatic N) is 1. The number of carboxylic acid groups (broad SMARTS) is 1. The standard InChI is InChI=1S/C6H14N4O2.ClH.Na/c7-4(5(11)12)2-1-3-10-6(8)9;;/h4H,1-3,7H2,(H,11,12)(H4,8,9,10);1H;/t4-;;/m0../s1. The van der Waals surface area contributed by atoms with Gasteiger partial charge in [-0.25, -0.2) is 0 Å². The second kappa shape index (κ2) is 11.1. The van der Waals surface area contributed by atoms with Crippen molar-refractivity contribution in [2.75, 3.05) is 6.54 Å². The molecule has 14 heavy (non-hydrogen) atoms. The first-order chi connectivity index (χ1) is 5.54. The van der Waals surface area contributed by atoms with Gasteiger partial charge in [0.1, 0.15) is 6.04 Å². The smallest absolute Gasteiger partial charge is 0.320 e. The van der Waals surface area contributed by atoms with E-state index in [1.54, 1.807) is 0 Å². The number of aliphatic carboxylic acids is 1. The molecule has 0 aromatic carbocycles. The quantitative estimate of drug-likeness (QED) is 0.199. The average molecular weight is 234 g/mol. The van der Waals surface area contributed by atoms with Crippen LogP contribution in [0.3, 0.4) is 0 Å². The van der Waals surface area contributed by atoms with Crippen LogP contribution < -0.4 is 17.2 Å². The second-order valence-corrected chi connectivity index (χ2v) is 2.39. The van der Waals surface area contributed by atoms with Crippen molar-refractivity contribution in [1.29, 1.82) is 0 Å². The summed E-state index contributed by atoms with van der Waals surface area (Å²) in [5.74, 6) is -0.987. The van der Waals surface area contributed by atoms with E-state index in [0.717, 1.165) is 0 Å². The van der Waals surface area contributed by atoms with Crippen LogP contribution >= 0.6 is 12.4 Å². The van der Waals surface area contributed by atoms with Crippen molar-refractivity contribution in [1.82, 2.24) is 0 Å². The molecule has 1 atom stereocenters. The maximum absolute atomic E-state index is 10.2. The number of carboxylic acids is 1. The number of guanidine groups is 1. The molecular weight excluding hydrogens is 219 g/mol.